The molecule has 2 aromatic carbocycles. The third-order valence-corrected chi connectivity index (χ3v) is 5.45. The second-order valence-corrected chi connectivity index (χ2v) is 10.0. The number of ether oxygens (including phenoxy) is 6. The molecular formula is C29H42O7. The Bertz CT molecular complexity index is 854. The van der Waals surface area contributed by atoms with Crippen LogP contribution in [0.1, 0.15) is 66.5 Å². The van der Waals surface area contributed by atoms with Crippen LogP contribution in [0.25, 0.3) is 0 Å². The Morgan fingerprint density at radius 2 is 0.944 bits per heavy atom. The van der Waals surface area contributed by atoms with Gasteiger partial charge in [0, 0.05) is 24.3 Å². The van der Waals surface area contributed by atoms with Crippen molar-refractivity contribution in [1.82, 2.24) is 0 Å². The van der Waals surface area contributed by atoms with Gasteiger partial charge in [-0.1, -0.05) is 60.7 Å². The molecule has 2 unspecified atom stereocenters. The molecule has 0 fully saturated rings. The van der Waals surface area contributed by atoms with Gasteiger partial charge in [-0.15, -0.1) is 0 Å². The zero-order valence-electron chi connectivity index (χ0n) is 23.0. The van der Waals surface area contributed by atoms with Crippen molar-refractivity contribution in [2.24, 2.45) is 0 Å². The van der Waals surface area contributed by atoms with E-state index < -0.39 is 28.9 Å². The Morgan fingerprint density at radius 3 is 1.25 bits per heavy atom. The van der Waals surface area contributed by atoms with Gasteiger partial charge in [0.05, 0.1) is 0 Å². The predicted molar refractivity (Wildman–Crippen MR) is 138 cm³/mol. The first kappa shape index (κ1) is 29.8. The molecule has 0 aromatic heterocycles. The summed E-state index contributed by atoms with van der Waals surface area (Å²) in [6.07, 6.45) is -0.806. The molecule has 0 aliphatic carbocycles. The van der Waals surface area contributed by atoms with E-state index in [9.17, 15) is 4.79 Å². The highest BCUT2D eigenvalue weighted by Crippen LogP contribution is 2.33. The summed E-state index contributed by atoms with van der Waals surface area (Å²) >= 11 is 0. The Kier molecular flexibility index (Phi) is 10.5. The molecule has 2 rings (SSSR count). The summed E-state index contributed by atoms with van der Waals surface area (Å²) in [5.74, 6) is -1.99. The third-order valence-electron chi connectivity index (χ3n) is 5.45. The van der Waals surface area contributed by atoms with Gasteiger partial charge in [0.25, 0.3) is 0 Å². The van der Waals surface area contributed by atoms with Gasteiger partial charge >= 0.3 is 6.16 Å². The average Bonchev–Trinajstić information content (AvgIpc) is 2.82. The standard InChI is InChI=1S/C29H42O7/c1-9-33-28(7,23-17-13-11-14-18-23)35-26(3,4)21-31-25(30)32-22-27(5,6)36-29(8,34-10-2)24-19-15-12-16-20-24/h11-20H,9-10,21-22H2,1-8H3. The lowest BCUT2D eigenvalue weighted by molar-refractivity contribution is -0.289. The van der Waals surface area contributed by atoms with Crippen LogP contribution in [0, 0.1) is 0 Å². The lowest BCUT2D eigenvalue weighted by Gasteiger charge is -2.38. The van der Waals surface area contributed by atoms with Gasteiger partial charge < -0.3 is 28.4 Å². The highest BCUT2D eigenvalue weighted by Gasteiger charge is 2.38. The van der Waals surface area contributed by atoms with Crippen LogP contribution in [0.2, 0.25) is 0 Å². The van der Waals surface area contributed by atoms with Gasteiger partial charge in [0.2, 0.25) is 0 Å². The minimum Gasteiger partial charge on any atom is -0.431 e. The molecule has 0 aliphatic heterocycles. The van der Waals surface area contributed by atoms with Crippen molar-refractivity contribution in [1.29, 1.82) is 0 Å². The minimum atomic E-state index is -0.996. The SMILES string of the molecule is CCOC(C)(OC(C)(C)COC(=O)OCC(C)(C)OC(C)(OCC)c1ccccc1)c1ccccc1. The lowest BCUT2D eigenvalue weighted by Crippen LogP contribution is -2.44. The summed E-state index contributed by atoms with van der Waals surface area (Å²) in [5.41, 5.74) is 0.0615. The van der Waals surface area contributed by atoms with Crippen LogP contribution in [0.15, 0.2) is 60.7 Å². The molecule has 2 atom stereocenters. The highest BCUT2D eigenvalue weighted by atomic mass is 16.8. The summed E-state index contributed by atoms with van der Waals surface area (Å²) in [6, 6.07) is 19.3. The number of benzene rings is 2. The molecule has 0 amide bonds. The van der Waals surface area contributed by atoms with Crippen LogP contribution < -0.4 is 0 Å². The van der Waals surface area contributed by atoms with E-state index in [4.69, 9.17) is 28.4 Å². The van der Waals surface area contributed by atoms with E-state index in [0.29, 0.717) is 13.2 Å². The predicted octanol–water partition coefficient (Wildman–Crippen LogP) is 6.55. The molecular weight excluding hydrogens is 460 g/mol. The summed E-state index contributed by atoms with van der Waals surface area (Å²) in [7, 11) is 0. The molecule has 0 saturated heterocycles. The monoisotopic (exact) mass is 502 g/mol. The summed E-state index contributed by atoms with van der Waals surface area (Å²) in [6.45, 7) is 15.7. The van der Waals surface area contributed by atoms with E-state index in [1.807, 2.05) is 116 Å². The van der Waals surface area contributed by atoms with E-state index in [-0.39, 0.29) is 13.2 Å². The van der Waals surface area contributed by atoms with Crippen LogP contribution in [-0.2, 0) is 40.0 Å². The maximum Gasteiger partial charge on any atom is 0.508 e. The fourth-order valence-corrected chi connectivity index (χ4v) is 4.00. The molecule has 0 bridgehead atoms. The van der Waals surface area contributed by atoms with Gasteiger partial charge in [-0.25, -0.2) is 4.79 Å². The van der Waals surface area contributed by atoms with Crippen molar-refractivity contribution < 1.29 is 33.2 Å². The van der Waals surface area contributed by atoms with Crippen LogP contribution in [0.5, 0.6) is 0 Å². The molecule has 7 nitrogen and oxygen atoms in total. The smallest absolute Gasteiger partial charge is 0.431 e. The van der Waals surface area contributed by atoms with Crippen LogP contribution in [-0.4, -0.2) is 43.8 Å². The Hall–Kier alpha value is -2.45. The normalized spacial score (nSPS) is 15.6. The van der Waals surface area contributed by atoms with Crippen molar-refractivity contribution in [3.8, 4) is 0 Å². The van der Waals surface area contributed by atoms with E-state index in [1.165, 1.54) is 0 Å². The second-order valence-electron chi connectivity index (χ2n) is 10.0. The molecule has 0 radical (unpaired) electrons. The maximum absolute atomic E-state index is 12.4. The van der Waals surface area contributed by atoms with E-state index in [2.05, 4.69) is 0 Å². The highest BCUT2D eigenvalue weighted by molar-refractivity contribution is 5.60. The van der Waals surface area contributed by atoms with Gasteiger partial charge in [0.15, 0.2) is 11.6 Å². The summed E-state index contributed by atoms with van der Waals surface area (Å²) < 4.78 is 35.2. The molecule has 0 heterocycles. The number of carbonyl (C=O) groups is 1. The Balaban J connectivity index is 1.95. The molecule has 0 spiro atoms. The zero-order valence-corrected chi connectivity index (χ0v) is 23.0. The molecule has 0 N–H and O–H groups in total. The van der Waals surface area contributed by atoms with Crippen molar-refractivity contribution in [2.75, 3.05) is 26.4 Å². The van der Waals surface area contributed by atoms with Crippen LogP contribution in [0.4, 0.5) is 4.79 Å². The molecule has 2 aromatic rings. The van der Waals surface area contributed by atoms with Gasteiger partial charge in [-0.3, -0.25) is 0 Å². The molecule has 0 aliphatic rings. The number of rotatable bonds is 14. The van der Waals surface area contributed by atoms with Crippen molar-refractivity contribution in [2.45, 2.75) is 78.2 Å². The summed E-state index contributed by atoms with van der Waals surface area (Å²) in [5, 5.41) is 0. The minimum absolute atomic E-state index is 0.0245. The second kappa shape index (κ2) is 12.7. The Labute approximate surface area is 216 Å². The first-order chi connectivity index (χ1) is 16.8. The third kappa shape index (κ3) is 8.89. The molecule has 7 heteroatoms. The summed E-state index contributed by atoms with van der Waals surface area (Å²) in [4.78, 5) is 12.4. The van der Waals surface area contributed by atoms with Crippen LogP contribution >= 0.6 is 0 Å². The average molecular weight is 503 g/mol. The fourth-order valence-electron chi connectivity index (χ4n) is 4.00. The van der Waals surface area contributed by atoms with Crippen molar-refractivity contribution >= 4 is 6.16 Å². The van der Waals surface area contributed by atoms with Crippen LogP contribution in [0.3, 0.4) is 0 Å². The lowest BCUT2D eigenvalue weighted by atomic mass is 10.0. The molecule has 200 valence electrons. The van der Waals surface area contributed by atoms with Gasteiger partial charge in [-0.2, -0.15) is 0 Å². The first-order valence-electron chi connectivity index (χ1n) is 12.4. The fraction of sp³-hybridized carbons (Fsp3) is 0.552. The van der Waals surface area contributed by atoms with Gasteiger partial charge in [-0.05, 0) is 55.4 Å². The van der Waals surface area contributed by atoms with E-state index >= 15 is 0 Å². The quantitative estimate of drug-likeness (QED) is 0.214. The number of hydrogen-bond donors (Lipinski definition) is 0. The van der Waals surface area contributed by atoms with E-state index in [0.717, 1.165) is 11.1 Å². The molecule has 0 saturated carbocycles. The first-order valence-corrected chi connectivity index (χ1v) is 12.4. The maximum atomic E-state index is 12.4. The topological polar surface area (TPSA) is 72.5 Å². The number of carbonyl (C=O) groups excluding carboxylic acids is 1. The van der Waals surface area contributed by atoms with E-state index in [1.54, 1.807) is 0 Å². The molecule has 36 heavy (non-hydrogen) atoms. The van der Waals surface area contributed by atoms with Crippen molar-refractivity contribution in [3.63, 3.8) is 0 Å². The number of hydrogen-bond acceptors (Lipinski definition) is 7. The Morgan fingerprint density at radius 1 is 0.611 bits per heavy atom. The van der Waals surface area contributed by atoms with Crippen molar-refractivity contribution in [3.05, 3.63) is 71.8 Å². The largest absolute Gasteiger partial charge is 0.508 e. The van der Waals surface area contributed by atoms with Gasteiger partial charge in [0.1, 0.15) is 24.4 Å². The zero-order chi connectivity index (χ0) is 26.9.